The Kier molecular flexibility index (Phi) is 4.97. The van der Waals surface area contributed by atoms with Crippen LogP contribution in [-0.4, -0.2) is 22.7 Å². The highest BCUT2D eigenvalue weighted by Gasteiger charge is 2.53. The van der Waals surface area contributed by atoms with Gasteiger partial charge in [-0.25, -0.2) is 4.98 Å². The van der Waals surface area contributed by atoms with Crippen LogP contribution < -0.4 is 11.1 Å². The Morgan fingerprint density at radius 3 is 2.36 bits per heavy atom. The molecule has 0 radical (unpaired) electrons. The monoisotopic (exact) mass is 395 g/mol. The third kappa shape index (κ3) is 3.44. The van der Waals surface area contributed by atoms with Crippen LogP contribution in [0.1, 0.15) is 56.6 Å². The number of nitriles is 2. The number of nitrogens with one attached hydrogen (secondary N) is 1. The molecule has 3 N–H and O–H groups in total. The molecule has 0 spiro atoms. The van der Waals surface area contributed by atoms with Crippen molar-refractivity contribution in [2.24, 2.45) is 23.2 Å². The first-order valence-corrected chi connectivity index (χ1v) is 10.9. The maximum Gasteiger partial charge on any atom is 0.230 e. The average molecular weight is 396 g/mol. The zero-order valence-corrected chi connectivity index (χ0v) is 16.9. The molecule has 1 aromatic rings. The molecule has 1 aromatic heterocycles. The number of nitrogen functional groups attached to an aromatic ring is 1. The number of carbonyl (C=O) groups is 1. The third-order valence-corrected chi connectivity index (χ3v) is 7.97. The number of hydrogen-bond acceptors (Lipinski definition) is 6. The summed E-state index contributed by atoms with van der Waals surface area (Å²) < 4.78 is 0. The Hall–Kier alpha value is -2.25. The van der Waals surface area contributed by atoms with E-state index in [1.807, 2.05) is 12.1 Å². The number of anilines is 1. The van der Waals surface area contributed by atoms with Crippen molar-refractivity contribution in [3.8, 4) is 12.1 Å². The van der Waals surface area contributed by atoms with Crippen molar-refractivity contribution in [3.05, 3.63) is 17.2 Å². The zero-order chi connectivity index (χ0) is 19.9. The quantitative estimate of drug-likeness (QED) is 0.740. The van der Waals surface area contributed by atoms with Crippen LogP contribution in [0.3, 0.4) is 0 Å². The summed E-state index contributed by atoms with van der Waals surface area (Å²) in [6, 6.07) is 5.55. The van der Waals surface area contributed by atoms with E-state index in [2.05, 4.69) is 17.2 Å². The van der Waals surface area contributed by atoms with Gasteiger partial charge in [-0.1, -0.05) is 11.8 Å². The molecule has 0 aliphatic heterocycles. The maximum absolute atomic E-state index is 12.6. The smallest absolute Gasteiger partial charge is 0.230 e. The molecule has 6 nitrogen and oxygen atoms in total. The Balaban J connectivity index is 1.38. The van der Waals surface area contributed by atoms with E-state index in [9.17, 15) is 10.1 Å². The Morgan fingerprint density at radius 2 is 1.82 bits per heavy atom. The van der Waals surface area contributed by atoms with Crippen LogP contribution in [0.5, 0.6) is 0 Å². The van der Waals surface area contributed by atoms with Gasteiger partial charge < -0.3 is 11.1 Å². The largest absolute Gasteiger partial charge is 0.383 e. The molecule has 28 heavy (non-hydrogen) atoms. The minimum absolute atomic E-state index is 0.0399. The second-order valence-corrected chi connectivity index (χ2v) is 9.82. The van der Waals surface area contributed by atoms with Gasteiger partial charge in [0.15, 0.2) is 0 Å². The molecule has 146 valence electrons. The van der Waals surface area contributed by atoms with E-state index in [4.69, 9.17) is 11.0 Å². The number of hydrogen-bond donors (Lipinski definition) is 2. The first kappa shape index (κ1) is 19.1. The average Bonchev–Trinajstić information content (AvgIpc) is 2.65. The topological polar surface area (TPSA) is 116 Å². The highest BCUT2D eigenvalue weighted by atomic mass is 32.2. The van der Waals surface area contributed by atoms with Crippen LogP contribution in [0.2, 0.25) is 0 Å². The van der Waals surface area contributed by atoms with Gasteiger partial charge >= 0.3 is 0 Å². The molecule has 0 unspecified atom stereocenters. The van der Waals surface area contributed by atoms with Crippen LogP contribution in [0.25, 0.3) is 0 Å². The third-order valence-electron chi connectivity index (χ3n) is 6.98. The highest BCUT2D eigenvalue weighted by Crippen LogP contribution is 2.61. The Labute approximate surface area is 169 Å². The van der Waals surface area contributed by atoms with E-state index in [-0.39, 0.29) is 40.1 Å². The van der Waals surface area contributed by atoms with Crippen LogP contribution in [0.4, 0.5) is 5.82 Å². The summed E-state index contributed by atoms with van der Waals surface area (Å²) >= 11 is 1.20. The van der Waals surface area contributed by atoms with Crippen molar-refractivity contribution < 1.29 is 4.79 Å². The number of rotatable bonds is 5. The lowest BCUT2D eigenvalue weighted by atomic mass is 9.48. The van der Waals surface area contributed by atoms with E-state index in [1.54, 1.807) is 0 Å². The minimum atomic E-state index is -0.0399. The predicted molar refractivity (Wildman–Crippen MR) is 107 cm³/mol. The first-order valence-electron chi connectivity index (χ1n) is 9.95. The normalized spacial score (nSPS) is 31.0. The Bertz CT molecular complexity index is 849. The molecule has 1 atom stereocenters. The van der Waals surface area contributed by atoms with Gasteiger partial charge in [-0.2, -0.15) is 10.5 Å². The van der Waals surface area contributed by atoms with Gasteiger partial charge in [0, 0.05) is 6.04 Å². The predicted octanol–water partition coefficient (Wildman–Crippen LogP) is 3.22. The van der Waals surface area contributed by atoms with E-state index < -0.39 is 0 Å². The molecule has 0 saturated heterocycles. The minimum Gasteiger partial charge on any atom is -0.383 e. The lowest BCUT2D eigenvalue weighted by Crippen LogP contribution is -2.56. The summed E-state index contributed by atoms with van der Waals surface area (Å²) in [5, 5.41) is 21.9. The van der Waals surface area contributed by atoms with Gasteiger partial charge in [-0.05, 0) is 74.7 Å². The van der Waals surface area contributed by atoms with Crippen molar-refractivity contribution in [1.29, 1.82) is 10.5 Å². The fourth-order valence-corrected chi connectivity index (χ4v) is 6.84. The number of pyridine rings is 1. The molecule has 4 aliphatic rings. The summed E-state index contributed by atoms with van der Waals surface area (Å²) in [6.07, 6.45) is 7.91. The molecular formula is C21H25N5OS. The zero-order valence-electron chi connectivity index (χ0n) is 16.1. The number of aromatic nitrogens is 1. The lowest BCUT2D eigenvalue weighted by molar-refractivity contribution is -0.123. The molecular weight excluding hydrogens is 370 g/mol. The van der Waals surface area contributed by atoms with Gasteiger partial charge in [0.2, 0.25) is 5.91 Å². The maximum atomic E-state index is 12.6. The number of thioether (sulfide) groups is 1. The van der Waals surface area contributed by atoms with Gasteiger partial charge in [-0.3, -0.25) is 4.79 Å². The van der Waals surface area contributed by atoms with Crippen LogP contribution in [-0.2, 0) is 4.79 Å². The second kappa shape index (κ2) is 7.29. The molecule has 4 saturated carbocycles. The lowest BCUT2D eigenvalue weighted by Gasteiger charge is -2.59. The van der Waals surface area contributed by atoms with Gasteiger partial charge in [0.05, 0.1) is 16.9 Å². The van der Waals surface area contributed by atoms with E-state index in [0.29, 0.717) is 5.03 Å². The molecule has 0 aromatic carbocycles. The fourth-order valence-electron chi connectivity index (χ4n) is 6.07. The number of nitrogens with two attached hydrogens (primary N) is 1. The molecule has 1 heterocycles. The number of amides is 1. The van der Waals surface area contributed by atoms with Crippen molar-refractivity contribution in [2.45, 2.75) is 56.5 Å². The molecule has 5 rings (SSSR count). The molecule has 4 aliphatic carbocycles. The number of nitrogens with zero attached hydrogens (tertiary/aromatic N) is 3. The van der Waals surface area contributed by atoms with Crippen molar-refractivity contribution in [2.75, 3.05) is 11.5 Å². The van der Waals surface area contributed by atoms with Gasteiger partial charge in [-0.15, -0.1) is 0 Å². The summed E-state index contributed by atoms with van der Waals surface area (Å²) in [5.41, 5.74) is 6.48. The number of carbonyl (C=O) groups excluding carboxylic acids is 1. The summed E-state index contributed by atoms with van der Waals surface area (Å²) in [4.78, 5) is 16.7. The van der Waals surface area contributed by atoms with Crippen molar-refractivity contribution in [3.63, 3.8) is 0 Å². The molecule has 4 bridgehead atoms. The van der Waals surface area contributed by atoms with E-state index in [1.165, 1.54) is 56.4 Å². The molecule has 4 fully saturated rings. The second-order valence-electron chi connectivity index (χ2n) is 8.86. The van der Waals surface area contributed by atoms with E-state index >= 15 is 0 Å². The van der Waals surface area contributed by atoms with Crippen LogP contribution in [0, 0.1) is 45.8 Å². The SMILES string of the molecule is C[C@H](NC(=O)CSc1nc(N)c(C#N)cc1C#N)C12CC3CC(CC(C3)C1)C2. The standard InChI is InChI=1S/C21H25N5OS/c1-12(21-6-13-2-14(7-21)4-15(3-13)8-21)25-18(27)11-28-20-17(10-23)5-16(9-22)19(24)26-20/h5,12-15H,2-4,6-8,11H2,1H3,(H2,24,26)(H,25,27)/t12-,13?,14?,15?,21?/m0/s1. The van der Waals surface area contributed by atoms with Crippen molar-refractivity contribution in [1.82, 2.24) is 10.3 Å². The summed E-state index contributed by atoms with van der Waals surface area (Å²) in [7, 11) is 0. The van der Waals surface area contributed by atoms with Crippen LogP contribution >= 0.6 is 11.8 Å². The fraction of sp³-hybridized carbons (Fsp3) is 0.619. The van der Waals surface area contributed by atoms with Gasteiger partial charge in [0.25, 0.3) is 0 Å². The highest BCUT2D eigenvalue weighted by molar-refractivity contribution is 8.00. The summed E-state index contributed by atoms with van der Waals surface area (Å²) in [6.45, 7) is 2.16. The first-order chi connectivity index (χ1) is 13.4. The van der Waals surface area contributed by atoms with Crippen LogP contribution in [0.15, 0.2) is 11.1 Å². The van der Waals surface area contributed by atoms with Gasteiger partial charge in [0.1, 0.15) is 23.0 Å². The Morgan fingerprint density at radius 1 is 1.25 bits per heavy atom. The molecule has 1 amide bonds. The molecule has 7 heteroatoms. The summed E-state index contributed by atoms with van der Waals surface area (Å²) in [5.74, 6) is 2.79. The van der Waals surface area contributed by atoms with E-state index in [0.717, 1.165) is 17.8 Å². The van der Waals surface area contributed by atoms with Crippen molar-refractivity contribution >= 4 is 23.5 Å².